The molecule has 0 bridgehead atoms. The van der Waals surface area contributed by atoms with E-state index >= 15 is 0 Å². The Morgan fingerprint density at radius 3 is 2.47 bits per heavy atom. The van der Waals surface area contributed by atoms with E-state index in [0.717, 1.165) is 0 Å². The lowest BCUT2D eigenvalue weighted by Gasteiger charge is -2.16. The van der Waals surface area contributed by atoms with Crippen LogP contribution in [0.5, 0.6) is 11.5 Å². The van der Waals surface area contributed by atoms with Crippen molar-refractivity contribution in [3.8, 4) is 11.5 Å². The molecule has 0 aliphatic rings. The molecule has 0 heterocycles. The molecule has 0 spiro atoms. The topological polar surface area (TPSA) is 76.0 Å². The minimum absolute atomic E-state index is 0.314. The zero-order valence-electron chi connectivity index (χ0n) is 10.0. The number of benzene rings is 1. The predicted molar refractivity (Wildman–Crippen MR) is 61.4 cm³/mol. The van der Waals surface area contributed by atoms with Crippen molar-refractivity contribution in [3.05, 3.63) is 23.8 Å². The molecule has 0 aliphatic carbocycles. The molecule has 0 aromatic heterocycles. The number of carboxylic acid groups (broad SMARTS) is 1. The Bertz CT molecular complexity index is 400. The molecule has 2 N–H and O–H groups in total. The third-order valence-corrected chi connectivity index (χ3v) is 2.32. The molecule has 1 rings (SSSR count). The summed E-state index contributed by atoms with van der Waals surface area (Å²) in [7, 11) is 1.50. The van der Waals surface area contributed by atoms with Crippen LogP contribution in [0.2, 0.25) is 0 Å². The molecule has 5 heteroatoms. The van der Waals surface area contributed by atoms with Crippen molar-refractivity contribution >= 4 is 5.97 Å². The molecule has 0 saturated heterocycles. The fourth-order valence-electron chi connectivity index (χ4n) is 1.33. The van der Waals surface area contributed by atoms with Crippen molar-refractivity contribution in [2.45, 2.75) is 26.1 Å². The Labute approximate surface area is 99.6 Å². The summed E-state index contributed by atoms with van der Waals surface area (Å²) in [6.45, 7) is 3.01. The first-order chi connectivity index (χ1) is 7.95. The minimum atomic E-state index is -1.07. The predicted octanol–water partition coefficient (Wildman–Crippen LogP) is 1.60. The van der Waals surface area contributed by atoms with Gasteiger partial charge in [-0.25, -0.2) is 4.79 Å². The quantitative estimate of drug-likeness (QED) is 0.817. The number of carboxylic acids is 1. The first-order valence-electron chi connectivity index (χ1n) is 5.21. The molecule has 1 aromatic carbocycles. The van der Waals surface area contributed by atoms with Crippen molar-refractivity contribution in [1.29, 1.82) is 0 Å². The van der Waals surface area contributed by atoms with Crippen LogP contribution >= 0.6 is 0 Å². The van der Waals surface area contributed by atoms with Gasteiger partial charge in [0.1, 0.15) is 11.5 Å². The van der Waals surface area contributed by atoms with Gasteiger partial charge in [0, 0.05) is 11.6 Å². The molecular weight excluding hydrogens is 224 g/mol. The summed E-state index contributed by atoms with van der Waals surface area (Å²) in [6.07, 6.45) is -1.73. The van der Waals surface area contributed by atoms with E-state index in [9.17, 15) is 9.90 Å². The number of hydrogen-bond donors (Lipinski definition) is 2. The Morgan fingerprint density at radius 2 is 2.00 bits per heavy atom. The molecule has 5 nitrogen and oxygen atoms in total. The van der Waals surface area contributed by atoms with E-state index in [1.54, 1.807) is 25.1 Å². The molecule has 1 unspecified atom stereocenters. The average Bonchev–Trinajstić information content (AvgIpc) is 2.28. The first-order valence-corrected chi connectivity index (χ1v) is 5.21. The second kappa shape index (κ2) is 5.54. The molecular formula is C12H16O5. The maximum atomic E-state index is 10.7. The van der Waals surface area contributed by atoms with E-state index in [0.29, 0.717) is 17.1 Å². The van der Waals surface area contributed by atoms with E-state index < -0.39 is 18.2 Å². The highest BCUT2D eigenvalue weighted by atomic mass is 16.5. The molecule has 17 heavy (non-hydrogen) atoms. The molecule has 94 valence electrons. The van der Waals surface area contributed by atoms with Gasteiger partial charge in [0.2, 0.25) is 0 Å². The van der Waals surface area contributed by atoms with Gasteiger partial charge in [-0.3, -0.25) is 0 Å². The summed E-state index contributed by atoms with van der Waals surface area (Å²) >= 11 is 0. The van der Waals surface area contributed by atoms with Crippen LogP contribution in [0.4, 0.5) is 0 Å². The maximum Gasteiger partial charge on any atom is 0.344 e. The third-order valence-electron chi connectivity index (χ3n) is 2.32. The summed E-state index contributed by atoms with van der Waals surface area (Å²) in [4.78, 5) is 10.7. The normalized spacial score (nSPS) is 13.9. The summed E-state index contributed by atoms with van der Waals surface area (Å²) < 4.78 is 10.3. The van der Waals surface area contributed by atoms with Gasteiger partial charge in [0.05, 0.1) is 13.2 Å². The Hall–Kier alpha value is -1.75. The van der Waals surface area contributed by atoms with Crippen LogP contribution in [0.1, 0.15) is 25.5 Å². The third kappa shape index (κ3) is 3.35. The number of aliphatic hydroxyl groups excluding tert-OH is 1. The fourth-order valence-corrected chi connectivity index (χ4v) is 1.33. The lowest BCUT2D eigenvalue weighted by molar-refractivity contribution is -0.144. The zero-order valence-corrected chi connectivity index (χ0v) is 10.0. The molecule has 0 saturated carbocycles. The number of methoxy groups -OCH3 is 1. The van der Waals surface area contributed by atoms with Gasteiger partial charge < -0.3 is 19.7 Å². The van der Waals surface area contributed by atoms with E-state index in [4.69, 9.17) is 14.6 Å². The van der Waals surface area contributed by atoms with Crippen molar-refractivity contribution in [1.82, 2.24) is 0 Å². The van der Waals surface area contributed by atoms with Gasteiger partial charge in [0.25, 0.3) is 0 Å². The molecule has 0 fully saturated rings. The number of aliphatic carboxylic acids is 1. The standard InChI is InChI=1S/C12H16O5/c1-7(13)10-5-4-9(16-3)6-11(10)17-8(2)12(14)15/h4-8,13H,1-3H3,(H,14,15)/t7-,8?/m0/s1. The molecule has 0 amide bonds. The average molecular weight is 240 g/mol. The molecule has 0 aliphatic heterocycles. The highest BCUT2D eigenvalue weighted by Crippen LogP contribution is 2.30. The molecule has 0 radical (unpaired) electrons. The van der Waals surface area contributed by atoms with E-state index in [-0.39, 0.29) is 0 Å². The SMILES string of the molecule is COc1ccc([C@H](C)O)c(OC(C)C(=O)O)c1. The Kier molecular flexibility index (Phi) is 4.34. The van der Waals surface area contributed by atoms with Crippen molar-refractivity contribution < 1.29 is 24.5 Å². The second-order valence-corrected chi connectivity index (χ2v) is 3.68. The lowest BCUT2D eigenvalue weighted by Crippen LogP contribution is -2.23. The highest BCUT2D eigenvalue weighted by Gasteiger charge is 2.17. The summed E-state index contributed by atoms with van der Waals surface area (Å²) in [5, 5.41) is 18.3. The Morgan fingerprint density at radius 1 is 1.35 bits per heavy atom. The van der Waals surface area contributed by atoms with Crippen LogP contribution in [-0.2, 0) is 4.79 Å². The van der Waals surface area contributed by atoms with Crippen molar-refractivity contribution in [3.63, 3.8) is 0 Å². The largest absolute Gasteiger partial charge is 0.497 e. The van der Waals surface area contributed by atoms with Crippen molar-refractivity contribution in [2.75, 3.05) is 7.11 Å². The minimum Gasteiger partial charge on any atom is -0.497 e. The number of ether oxygens (including phenoxy) is 2. The van der Waals surface area contributed by atoms with E-state index in [1.165, 1.54) is 14.0 Å². The summed E-state index contributed by atoms with van der Waals surface area (Å²) in [5.74, 6) is -0.208. The van der Waals surface area contributed by atoms with Crippen LogP contribution in [0.15, 0.2) is 18.2 Å². The monoisotopic (exact) mass is 240 g/mol. The first kappa shape index (κ1) is 13.3. The van der Waals surface area contributed by atoms with Gasteiger partial charge in [0.15, 0.2) is 6.10 Å². The summed E-state index contributed by atoms with van der Waals surface area (Å²) in [6, 6.07) is 4.88. The van der Waals surface area contributed by atoms with E-state index in [1.807, 2.05) is 0 Å². The van der Waals surface area contributed by atoms with Crippen LogP contribution in [0, 0.1) is 0 Å². The molecule has 2 atom stereocenters. The lowest BCUT2D eigenvalue weighted by atomic mass is 10.1. The van der Waals surface area contributed by atoms with Crippen LogP contribution in [-0.4, -0.2) is 29.4 Å². The number of carbonyl (C=O) groups is 1. The zero-order chi connectivity index (χ0) is 13.0. The van der Waals surface area contributed by atoms with Crippen LogP contribution in [0.3, 0.4) is 0 Å². The van der Waals surface area contributed by atoms with E-state index in [2.05, 4.69) is 0 Å². The second-order valence-electron chi connectivity index (χ2n) is 3.68. The van der Waals surface area contributed by atoms with Gasteiger partial charge in [-0.05, 0) is 26.0 Å². The molecule has 1 aromatic rings. The fraction of sp³-hybridized carbons (Fsp3) is 0.417. The number of aliphatic hydroxyl groups is 1. The highest BCUT2D eigenvalue weighted by molar-refractivity contribution is 5.72. The van der Waals surface area contributed by atoms with Gasteiger partial charge in [-0.1, -0.05) is 0 Å². The van der Waals surface area contributed by atoms with Crippen molar-refractivity contribution in [2.24, 2.45) is 0 Å². The van der Waals surface area contributed by atoms with Gasteiger partial charge >= 0.3 is 5.97 Å². The van der Waals surface area contributed by atoms with Crippen LogP contribution in [0.25, 0.3) is 0 Å². The number of rotatable bonds is 5. The number of hydrogen-bond acceptors (Lipinski definition) is 4. The smallest absolute Gasteiger partial charge is 0.344 e. The Balaban J connectivity index is 3.04. The van der Waals surface area contributed by atoms with Crippen LogP contribution < -0.4 is 9.47 Å². The van der Waals surface area contributed by atoms with Gasteiger partial charge in [-0.2, -0.15) is 0 Å². The maximum absolute atomic E-state index is 10.7. The summed E-state index contributed by atoms with van der Waals surface area (Å²) in [5.41, 5.74) is 0.527. The van der Waals surface area contributed by atoms with Gasteiger partial charge in [-0.15, -0.1) is 0 Å².